The Bertz CT molecular complexity index is 225. The van der Waals surface area contributed by atoms with Crippen molar-refractivity contribution in [2.75, 3.05) is 19.6 Å². The summed E-state index contributed by atoms with van der Waals surface area (Å²) in [4.78, 5) is 0. The lowest BCUT2D eigenvalue weighted by molar-refractivity contribution is 0.415. The zero-order valence-corrected chi connectivity index (χ0v) is 6.66. The van der Waals surface area contributed by atoms with Crippen LogP contribution in [-0.2, 0) is 0 Å². The van der Waals surface area contributed by atoms with Crippen molar-refractivity contribution in [2.24, 2.45) is 0 Å². The summed E-state index contributed by atoms with van der Waals surface area (Å²) in [5, 5.41) is 0. The zero-order valence-electron chi connectivity index (χ0n) is 6.66. The Hall–Kier alpha value is -1.22. The number of anilines is 1. The van der Waals surface area contributed by atoms with Crippen molar-refractivity contribution in [2.45, 2.75) is 0 Å². The van der Waals surface area contributed by atoms with Crippen molar-refractivity contribution in [3.8, 4) is 5.75 Å². The summed E-state index contributed by atoms with van der Waals surface area (Å²) in [6, 6.07) is 7.61. The molecule has 3 heteroatoms. The Morgan fingerprint density at radius 3 is 2.91 bits per heavy atom. The highest BCUT2D eigenvalue weighted by atomic mass is 16.5. The second-order valence-corrected chi connectivity index (χ2v) is 2.07. The zero-order chi connectivity index (χ0) is 8.10. The predicted molar refractivity (Wildman–Crippen MR) is 45.9 cm³/mol. The van der Waals surface area contributed by atoms with E-state index in [0.29, 0.717) is 0 Å². The van der Waals surface area contributed by atoms with Crippen molar-refractivity contribution < 1.29 is 4.74 Å². The highest BCUT2D eigenvalue weighted by molar-refractivity contribution is 5.49. The molecule has 1 rings (SSSR count). The second-order valence-electron chi connectivity index (χ2n) is 2.07. The first-order valence-electron chi connectivity index (χ1n) is 3.35. The van der Waals surface area contributed by atoms with Gasteiger partial charge in [0.05, 0.1) is 7.11 Å². The van der Waals surface area contributed by atoms with Crippen LogP contribution in [-0.4, -0.2) is 14.2 Å². The van der Waals surface area contributed by atoms with Crippen molar-refractivity contribution in [1.29, 1.82) is 0 Å². The van der Waals surface area contributed by atoms with Gasteiger partial charge >= 0.3 is 0 Å². The molecular formula is C8H11N2O-. The number of methoxy groups -OCH3 is 1. The maximum Gasteiger partial charge on any atom is 0.120 e. The maximum absolute atomic E-state index is 5.02. The van der Waals surface area contributed by atoms with Gasteiger partial charge < -0.3 is 15.6 Å². The van der Waals surface area contributed by atoms with Gasteiger partial charge in [-0.2, -0.15) is 0 Å². The van der Waals surface area contributed by atoms with Crippen LogP contribution in [0.25, 0.3) is 5.43 Å². The van der Waals surface area contributed by atoms with Crippen molar-refractivity contribution in [3.05, 3.63) is 29.7 Å². The number of ether oxygens (including phenoxy) is 1. The molecule has 60 valence electrons. The monoisotopic (exact) mass is 151 g/mol. The Morgan fingerprint density at radius 1 is 1.45 bits per heavy atom. The summed E-state index contributed by atoms with van der Waals surface area (Å²) in [5.41, 5.74) is 7.54. The van der Waals surface area contributed by atoms with E-state index in [1.165, 1.54) is 0 Å². The van der Waals surface area contributed by atoms with Gasteiger partial charge in [-0.25, -0.2) is 0 Å². The highest BCUT2D eigenvalue weighted by Crippen LogP contribution is 2.16. The molecule has 0 bridgehead atoms. The third kappa shape index (κ3) is 2.13. The van der Waals surface area contributed by atoms with Gasteiger partial charge in [-0.3, -0.25) is 0 Å². The lowest BCUT2D eigenvalue weighted by Crippen LogP contribution is -1.89. The van der Waals surface area contributed by atoms with E-state index in [1.807, 2.05) is 24.3 Å². The molecule has 3 nitrogen and oxygen atoms in total. The third-order valence-corrected chi connectivity index (χ3v) is 1.31. The van der Waals surface area contributed by atoms with Gasteiger partial charge in [-0.15, -0.1) is 7.05 Å². The third-order valence-electron chi connectivity index (χ3n) is 1.31. The van der Waals surface area contributed by atoms with E-state index in [2.05, 4.69) is 10.9 Å². The Balaban J connectivity index is 2.74. The minimum absolute atomic E-state index is 0.832. The van der Waals surface area contributed by atoms with E-state index in [4.69, 9.17) is 4.74 Å². The molecule has 1 N–H and O–H groups in total. The first kappa shape index (κ1) is 7.88. The molecule has 0 aliphatic heterocycles. The summed E-state index contributed by atoms with van der Waals surface area (Å²) in [7, 11) is 3.33. The quantitative estimate of drug-likeness (QED) is 0.671. The van der Waals surface area contributed by atoms with Gasteiger partial charge in [0.25, 0.3) is 0 Å². The summed E-state index contributed by atoms with van der Waals surface area (Å²) in [6.07, 6.45) is 0. The molecule has 0 amide bonds. The average molecular weight is 151 g/mol. The molecule has 11 heavy (non-hydrogen) atoms. The van der Waals surface area contributed by atoms with Crippen LogP contribution in [0.5, 0.6) is 5.75 Å². The van der Waals surface area contributed by atoms with E-state index in [-0.39, 0.29) is 0 Å². The van der Waals surface area contributed by atoms with Gasteiger partial charge in [0.2, 0.25) is 0 Å². The first-order chi connectivity index (χ1) is 5.36. The number of nitrogens with zero attached hydrogens (tertiary/aromatic N) is 1. The van der Waals surface area contributed by atoms with Crippen LogP contribution >= 0.6 is 0 Å². The van der Waals surface area contributed by atoms with Crippen LogP contribution in [0.3, 0.4) is 0 Å². The van der Waals surface area contributed by atoms with E-state index >= 15 is 0 Å². The summed E-state index contributed by atoms with van der Waals surface area (Å²) in [6.45, 7) is 0. The molecule has 0 unspecified atom stereocenters. The van der Waals surface area contributed by atoms with Gasteiger partial charge in [-0.05, 0) is 12.1 Å². The van der Waals surface area contributed by atoms with Gasteiger partial charge in [0.15, 0.2) is 0 Å². The minimum atomic E-state index is 0.832. The molecule has 0 fully saturated rings. The molecule has 0 radical (unpaired) electrons. The fraction of sp³-hybridized carbons (Fsp3) is 0.250. The van der Waals surface area contributed by atoms with E-state index in [0.717, 1.165) is 11.4 Å². The molecule has 0 atom stereocenters. The molecule has 0 heterocycles. The van der Waals surface area contributed by atoms with Crippen LogP contribution in [0, 0.1) is 0 Å². The minimum Gasteiger partial charge on any atom is -0.574 e. The van der Waals surface area contributed by atoms with Crippen LogP contribution in [0.1, 0.15) is 0 Å². The molecule has 0 aliphatic rings. The molecule has 0 saturated heterocycles. The first-order valence-corrected chi connectivity index (χ1v) is 3.35. The summed E-state index contributed by atoms with van der Waals surface area (Å²) in [5.74, 6) is 0.832. The lowest BCUT2D eigenvalue weighted by Gasteiger charge is -2.16. The molecule has 0 spiro atoms. The van der Waals surface area contributed by atoms with Crippen LogP contribution < -0.4 is 10.2 Å². The van der Waals surface area contributed by atoms with Gasteiger partial charge in [0, 0.05) is 11.8 Å². The smallest absolute Gasteiger partial charge is 0.120 e. The number of rotatable bonds is 3. The van der Waals surface area contributed by atoms with Crippen LogP contribution in [0.2, 0.25) is 0 Å². The maximum atomic E-state index is 5.02. The molecular weight excluding hydrogens is 140 g/mol. The Kier molecular flexibility index (Phi) is 2.74. The normalized spacial score (nSPS) is 9.27. The Morgan fingerprint density at radius 2 is 2.27 bits per heavy atom. The number of hydrogen-bond acceptors (Lipinski definition) is 2. The van der Waals surface area contributed by atoms with Crippen molar-refractivity contribution >= 4 is 5.69 Å². The highest BCUT2D eigenvalue weighted by Gasteiger charge is 1.88. The number of benzene rings is 1. The molecule has 1 aromatic rings. The van der Waals surface area contributed by atoms with Gasteiger partial charge in [0.1, 0.15) is 5.75 Å². The summed E-state index contributed by atoms with van der Waals surface area (Å²) < 4.78 is 5.02. The molecule has 0 saturated carbocycles. The number of nitrogens with one attached hydrogen (secondary N) is 1. The fourth-order valence-corrected chi connectivity index (χ4v) is 0.822. The van der Waals surface area contributed by atoms with E-state index in [1.54, 1.807) is 14.2 Å². The molecule has 0 aliphatic carbocycles. The molecule has 1 aromatic carbocycles. The second kappa shape index (κ2) is 3.83. The predicted octanol–water partition coefficient (Wildman–Crippen LogP) is 2.03. The fourth-order valence-electron chi connectivity index (χ4n) is 0.822. The average Bonchev–Trinajstić information content (AvgIpc) is 2.06. The number of hydrogen-bond donors (Lipinski definition) is 1. The van der Waals surface area contributed by atoms with E-state index in [9.17, 15) is 0 Å². The summed E-state index contributed by atoms with van der Waals surface area (Å²) >= 11 is 0. The molecule has 0 aromatic heterocycles. The SMILES string of the molecule is C[N-]Nc1cccc(OC)c1. The topological polar surface area (TPSA) is 35.4 Å². The standard InChI is InChI=1S/C8H11N2O/c1-9-10-7-4-3-5-8(6-7)11-2/h3-6,10H,1-2H3/q-1. The Labute approximate surface area is 66.3 Å². The largest absolute Gasteiger partial charge is 0.574 e. The van der Waals surface area contributed by atoms with Gasteiger partial charge in [-0.1, -0.05) is 6.07 Å². The van der Waals surface area contributed by atoms with Crippen LogP contribution in [0.15, 0.2) is 24.3 Å². The lowest BCUT2D eigenvalue weighted by atomic mass is 10.3. The van der Waals surface area contributed by atoms with Crippen LogP contribution in [0.4, 0.5) is 5.69 Å². The van der Waals surface area contributed by atoms with E-state index < -0.39 is 0 Å². The van der Waals surface area contributed by atoms with Crippen molar-refractivity contribution in [1.82, 2.24) is 0 Å². The van der Waals surface area contributed by atoms with Crippen molar-refractivity contribution in [3.63, 3.8) is 0 Å².